The van der Waals surface area contributed by atoms with Crippen molar-refractivity contribution in [1.29, 1.82) is 0 Å². The number of sulfonamides is 1. The number of amides is 1. The Balaban J connectivity index is 1.68. The molecule has 10 heteroatoms. The number of carbonyl (C=O) groups is 1. The Hall–Kier alpha value is -3.69. The Bertz CT molecular complexity index is 1310. The van der Waals surface area contributed by atoms with Crippen molar-refractivity contribution < 1.29 is 18.1 Å². The van der Waals surface area contributed by atoms with Gasteiger partial charge in [-0.25, -0.2) is 8.42 Å². The van der Waals surface area contributed by atoms with Gasteiger partial charge in [-0.1, -0.05) is 35.9 Å². The molecule has 0 spiro atoms. The fourth-order valence-electron chi connectivity index (χ4n) is 2.75. The third-order valence-electron chi connectivity index (χ3n) is 4.41. The van der Waals surface area contributed by atoms with Gasteiger partial charge < -0.3 is 5.32 Å². The Morgan fingerprint density at radius 3 is 2.34 bits per heavy atom. The maximum atomic E-state index is 12.6. The molecule has 164 valence electrons. The predicted molar refractivity (Wildman–Crippen MR) is 124 cm³/mol. The number of nitrogens with zero attached hydrogens (tertiary/aromatic N) is 1. The number of hydrogen-bond donors (Lipinski definition) is 2. The van der Waals surface area contributed by atoms with Crippen molar-refractivity contribution in [2.45, 2.75) is 11.8 Å². The standard InChI is InChI=1S/C22H18ClN3O5S/c1-15-6-12-19(14-21(15)26(28)29)32(30,31)25-18-10-8-17(9-11-18)24-22(27)13-7-16-4-2-3-5-20(16)23/h2-14,25H,1H3,(H,24,27)/b13-7+. The zero-order valence-corrected chi connectivity index (χ0v) is 18.4. The fraction of sp³-hybridized carbons (Fsp3) is 0.0455. The molecule has 0 aromatic heterocycles. The average molecular weight is 472 g/mol. The third-order valence-corrected chi connectivity index (χ3v) is 6.13. The van der Waals surface area contributed by atoms with E-state index in [1.54, 1.807) is 30.3 Å². The van der Waals surface area contributed by atoms with Crippen LogP contribution >= 0.6 is 11.6 Å². The van der Waals surface area contributed by atoms with Gasteiger partial charge in [0, 0.05) is 34.1 Å². The third kappa shape index (κ3) is 5.71. The quantitative estimate of drug-likeness (QED) is 0.285. The molecule has 3 rings (SSSR count). The molecule has 0 saturated carbocycles. The smallest absolute Gasteiger partial charge is 0.273 e. The second-order valence-corrected chi connectivity index (χ2v) is 8.82. The van der Waals surface area contributed by atoms with Crippen molar-refractivity contribution in [3.63, 3.8) is 0 Å². The second kappa shape index (κ2) is 9.63. The van der Waals surface area contributed by atoms with Crippen LogP contribution in [0.15, 0.2) is 77.7 Å². The summed E-state index contributed by atoms with van der Waals surface area (Å²) in [5, 5.41) is 14.3. The van der Waals surface area contributed by atoms with Gasteiger partial charge in [0.15, 0.2) is 0 Å². The summed E-state index contributed by atoms with van der Waals surface area (Å²) in [6.45, 7) is 1.53. The van der Waals surface area contributed by atoms with Gasteiger partial charge in [-0.2, -0.15) is 0 Å². The number of nitrogens with one attached hydrogen (secondary N) is 2. The van der Waals surface area contributed by atoms with Gasteiger partial charge in [-0.3, -0.25) is 19.6 Å². The first-order valence-corrected chi connectivity index (χ1v) is 11.1. The number of rotatable bonds is 7. The molecule has 0 radical (unpaired) electrons. The molecule has 32 heavy (non-hydrogen) atoms. The van der Waals surface area contributed by atoms with Crippen LogP contribution in [-0.2, 0) is 14.8 Å². The normalized spacial score (nSPS) is 11.3. The summed E-state index contributed by atoms with van der Waals surface area (Å²) >= 11 is 6.04. The van der Waals surface area contributed by atoms with Crippen LogP contribution in [-0.4, -0.2) is 19.2 Å². The van der Waals surface area contributed by atoms with E-state index in [1.807, 2.05) is 0 Å². The highest BCUT2D eigenvalue weighted by molar-refractivity contribution is 7.92. The number of carbonyl (C=O) groups excluding carboxylic acids is 1. The number of aryl methyl sites for hydroxylation is 1. The van der Waals surface area contributed by atoms with E-state index < -0.39 is 14.9 Å². The number of nitro groups is 1. The molecular formula is C22H18ClN3O5S. The molecule has 0 heterocycles. The van der Waals surface area contributed by atoms with Gasteiger partial charge in [0.25, 0.3) is 15.7 Å². The zero-order valence-electron chi connectivity index (χ0n) is 16.8. The van der Waals surface area contributed by atoms with Crippen LogP contribution in [0.4, 0.5) is 17.1 Å². The molecule has 0 aliphatic rings. The first-order valence-electron chi connectivity index (χ1n) is 9.27. The van der Waals surface area contributed by atoms with Crippen molar-refractivity contribution >= 4 is 50.7 Å². The van der Waals surface area contributed by atoms with E-state index in [4.69, 9.17) is 11.6 Å². The van der Waals surface area contributed by atoms with Crippen molar-refractivity contribution in [3.8, 4) is 0 Å². The van der Waals surface area contributed by atoms with E-state index >= 15 is 0 Å². The molecule has 0 aliphatic carbocycles. The Kier molecular flexibility index (Phi) is 6.92. The highest BCUT2D eigenvalue weighted by atomic mass is 35.5. The molecular weight excluding hydrogens is 454 g/mol. The average Bonchev–Trinajstić information content (AvgIpc) is 2.74. The summed E-state index contributed by atoms with van der Waals surface area (Å²) in [5.41, 5.74) is 1.46. The van der Waals surface area contributed by atoms with Crippen LogP contribution < -0.4 is 10.0 Å². The molecule has 3 aromatic rings. The van der Waals surface area contributed by atoms with Crippen LogP contribution in [0.3, 0.4) is 0 Å². The van der Waals surface area contributed by atoms with E-state index in [2.05, 4.69) is 10.0 Å². The maximum Gasteiger partial charge on any atom is 0.273 e. The van der Waals surface area contributed by atoms with Crippen molar-refractivity contribution in [2.75, 3.05) is 10.0 Å². The predicted octanol–water partition coefficient (Wildman–Crippen LogP) is 5.01. The molecule has 0 unspecified atom stereocenters. The lowest BCUT2D eigenvalue weighted by Crippen LogP contribution is -2.13. The van der Waals surface area contributed by atoms with Gasteiger partial charge in [-0.15, -0.1) is 0 Å². The summed E-state index contributed by atoms with van der Waals surface area (Å²) in [6, 6.07) is 16.7. The Morgan fingerprint density at radius 1 is 1.03 bits per heavy atom. The van der Waals surface area contributed by atoms with E-state index in [0.717, 1.165) is 6.07 Å². The highest BCUT2D eigenvalue weighted by Gasteiger charge is 2.20. The fourth-order valence-corrected chi connectivity index (χ4v) is 4.03. The van der Waals surface area contributed by atoms with Gasteiger partial charge in [0.2, 0.25) is 5.91 Å². The lowest BCUT2D eigenvalue weighted by atomic mass is 10.2. The summed E-state index contributed by atoms with van der Waals surface area (Å²) in [7, 11) is -4.03. The van der Waals surface area contributed by atoms with Crippen LogP contribution in [0.5, 0.6) is 0 Å². The number of hydrogen-bond acceptors (Lipinski definition) is 5. The number of nitro benzene ring substituents is 1. The SMILES string of the molecule is Cc1ccc(S(=O)(=O)Nc2ccc(NC(=O)/C=C/c3ccccc3Cl)cc2)cc1[N+](=O)[O-]. The van der Waals surface area contributed by atoms with Crippen LogP contribution in [0.2, 0.25) is 5.02 Å². The molecule has 8 nitrogen and oxygen atoms in total. The molecule has 0 atom stereocenters. The summed E-state index contributed by atoms with van der Waals surface area (Å²) < 4.78 is 27.5. The monoisotopic (exact) mass is 471 g/mol. The maximum absolute atomic E-state index is 12.6. The van der Waals surface area contributed by atoms with Crippen LogP contribution in [0.25, 0.3) is 6.08 Å². The molecule has 0 fully saturated rings. The Labute approximate surface area is 189 Å². The lowest BCUT2D eigenvalue weighted by Gasteiger charge is -2.10. The number of benzene rings is 3. The first-order chi connectivity index (χ1) is 15.2. The summed E-state index contributed by atoms with van der Waals surface area (Å²) in [4.78, 5) is 22.3. The van der Waals surface area contributed by atoms with Gasteiger partial charge in [0.05, 0.1) is 9.82 Å². The minimum atomic E-state index is -4.03. The zero-order chi connectivity index (χ0) is 23.3. The lowest BCUT2D eigenvalue weighted by molar-refractivity contribution is -0.385. The summed E-state index contributed by atoms with van der Waals surface area (Å²) in [6.07, 6.45) is 2.92. The molecule has 3 aromatic carbocycles. The van der Waals surface area contributed by atoms with E-state index in [0.29, 0.717) is 21.8 Å². The van der Waals surface area contributed by atoms with Gasteiger partial charge >= 0.3 is 0 Å². The number of halogens is 1. The van der Waals surface area contributed by atoms with E-state index in [9.17, 15) is 23.3 Å². The van der Waals surface area contributed by atoms with Crippen molar-refractivity contribution in [3.05, 3.63) is 99.1 Å². The second-order valence-electron chi connectivity index (χ2n) is 6.73. The van der Waals surface area contributed by atoms with Gasteiger partial charge in [0.1, 0.15) is 0 Å². The largest absolute Gasteiger partial charge is 0.323 e. The molecule has 0 aliphatic heterocycles. The topological polar surface area (TPSA) is 118 Å². The minimum absolute atomic E-state index is 0.225. The molecule has 2 N–H and O–H groups in total. The molecule has 1 amide bonds. The van der Waals surface area contributed by atoms with Crippen LogP contribution in [0, 0.1) is 17.0 Å². The first kappa shape index (κ1) is 23.0. The summed E-state index contributed by atoms with van der Waals surface area (Å²) in [5.74, 6) is -0.384. The van der Waals surface area contributed by atoms with E-state index in [1.165, 1.54) is 49.4 Å². The molecule has 0 saturated heterocycles. The van der Waals surface area contributed by atoms with Crippen molar-refractivity contribution in [1.82, 2.24) is 0 Å². The molecule has 0 bridgehead atoms. The van der Waals surface area contributed by atoms with Crippen LogP contribution in [0.1, 0.15) is 11.1 Å². The Morgan fingerprint density at radius 2 is 1.69 bits per heavy atom. The van der Waals surface area contributed by atoms with Crippen molar-refractivity contribution in [2.24, 2.45) is 0 Å². The van der Waals surface area contributed by atoms with E-state index in [-0.39, 0.29) is 22.2 Å². The minimum Gasteiger partial charge on any atom is -0.323 e. The van der Waals surface area contributed by atoms with Gasteiger partial charge in [-0.05, 0) is 55.0 Å². The number of anilines is 2. The highest BCUT2D eigenvalue weighted by Crippen LogP contribution is 2.24.